The van der Waals surface area contributed by atoms with Crippen LogP contribution in [-0.2, 0) is 6.42 Å². The molecule has 1 aromatic carbocycles. The first-order valence-corrected chi connectivity index (χ1v) is 6.84. The van der Waals surface area contributed by atoms with Crippen LogP contribution >= 0.6 is 11.8 Å². The highest BCUT2D eigenvalue weighted by Crippen LogP contribution is 2.28. The zero-order valence-electron chi connectivity index (χ0n) is 9.33. The number of rotatable bonds is 2. The second kappa shape index (κ2) is 4.93. The van der Waals surface area contributed by atoms with E-state index >= 15 is 0 Å². The Balaban J connectivity index is 2.06. The van der Waals surface area contributed by atoms with Crippen LogP contribution < -0.4 is 5.73 Å². The van der Waals surface area contributed by atoms with E-state index in [0.717, 1.165) is 11.6 Å². The van der Waals surface area contributed by atoms with Crippen LogP contribution in [0.4, 0.5) is 5.69 Å². The Morgan fingerprint density at radius 1 is 1.47 bits per heavy atom. The van der Waals surface area contributed by atoms with Gasteiger partial charge < -0.3 is 5.73 Å². The highest BCUT2D eigenvalue weighted by molar-refractivity contribution is 7.99. The molecule has 15 heavy (non-hydrogen) atoms. The van der Waals surface area contributed by atoms with Crippen molar-refractivity contribution in [2.75, 3.05) is 17.2 Å². The van der Waals surface area contributed by atoms with Gasteiger partial charge >= 0.3 is 0 Å². The molecular formula is C13H19NS. The number of hydrogen-bond acceptors (Lipinski definition) is 2. The third-order valence-corrected chi connectivity index (χ3v) is 4.46. The summed E-state index contributed by atoms with van der Waals surface area (Å²) in [5.41, 5.74) is 9.67. The number of nitrogens with two attached hydrogens (primary N) is 1. The molecule has 0 saturated carbocycles. The maximum atomic E-state index is 6.09. The first kappa shape index (κ1) is 10.9. The van der Waals surface area contributed by atoms with Gasteiger partial charge in [0.25, 0.3) is 0 Å². The van der Waals surface area contributed by atoms with Crippen LogP contribution in [-0.4, -0.2) is 11.5 Å². The Morgan fingerprint density at radius 2 is 2.33 bits per heavy atom. The minimum atomic E-state index is 0.841. The molecule has 1 saturated heterocycles. The summed E-state index contributed by atoms with van der Waals surface area (Å²) in [6.45, 7) is 2.09. The summed E-state index contributed by atoms with van der Waals surface area (Å²) in [6.07, 6.45) is 3.92. The molecule has 1 heterocycles. The van der Waals surface area contributed by atoms with E-state index < -0.39 is 0 Å². The number of aryl methyl sites for hydroxylation is 1. The number of hydrogen-bond donors (Lipinski definition) is 1. The van der Waals surface area contributed by atoms with Crippen molar-refractivity contribution in [3.8, 4) is 0 Å². The Bertz CT molecular complexity index is 329. The lowest BCUT2D eigenvalue weighted by Crippen LogP contribution is -2.14. The minimum absolute atomic E-state index is 0.841. The second-order valence-electron chi connectivity index (χ2n) is 4.44. The highest BCUT2D eigenvalue weighted by Gasteiger charge is 2.15. The Morgan fingerprint density at radius 3 is 3.07 bits per heavy atom. The van der Waals surface area contributed by atoms with Crippen molar-refractivity contribution in [3.05, 3.63) is 29.3 Å². The number of nitrogen functional groups attached to an aromatic ring is 1. The first-order chi connectivity index (χ1) is 7.27. The molecule has 2 N–H and O–H groups in total. The summed E-state index contributed by atoms with van der Waals surface area (Å²) in [7, 11) is 0. The predicted molar refractivity (Wildman–Crippen MR) is 69.3 cm³/mol. The van der Waals surface area contributed by atoms with Gasteiger partial charge in [-0.15, -0.1) is 0 Å². The van der Waals surface area contributed by atoms with E-state index in [0.29, 0.717) is 0 Å². The number of anilines is 1. The standard InChI is InChI=1S/C13H19NS/c1-10-4-2-6-12(13(10)14)8-11-5-3-7-15-9-11/h2,4,6,11H,3,5,7-9,14H2,1H3. The van der Waals surface area contributed by atoms with E-state index in [4.69, 9.17) is 5.73 Å². The van der Waals surface area contributed by atoms with Crippen molar-refractivity contribution in [2.45, 2.75) is 26.2 Å². The van der Waals surface area contributed by atoms with E-state index in [1.807, 2.05) is 0 Å². The van der Waals surface area contributed by atoms with Crippen molar-refractivity contribution >= 4 is 17.4 Å². The summed E-state index contributed by atoms with van der Waals surface area (Å²) < 4.78 is 0. The average Bonchev–Trinajstić information content (AvgIpc) is 2.26. The molecule has 1 aromatic rings. The predicted octanol–water partition coefficient (Wildman–Crippen LogP) is 3.26. The van der Waals surface area contributed by atoms with Crippen molar-refractivity contribution in [1.29, 1.82) is 0 Å². The molecule has 0 amide bonds. The lowest BCUT2D eigenvalue weighted by Gasteiger charge is -2.22. The van der Waals surface area contributed by atoms with Gasteiger partial charge in [0, 0.05) is 5.69 Å². The summed E-state index contributed by atoms with van der Waals surface area (Å²) in [5, 5.41) is 0. The number of para-hydroxylation sites is 1. The van der Waals surface area contributed by atoms with Gasteiger partial charge in [-0.2, -0.15) is 11.8 Å². The van der Waals surface area contributed by atoms with E-state index in [1.54, 1.807) is 0 Å². The smallest absolute Gasteiger partial charge is 0.0376 e. The number of thioether (sulfide) groups is 1. The maximum absolute atomic E-state index is 6.09. The molecule has 1 unspecified atom stereocenters. The lowest BCUT2D eigenvalue weighted by molar-refractivity contribution is 0.522. The Hall–Kier alpha value is -0.630. The monoisotopic (exact) mass is 221 g/mol. The molecule has 2 heteroatoms. The van der Waals surface area contributed by atoms with Gasteiger partial charge in [0.05, 0.1) is 0 Å². The third-order valence-electron chi connectivity index (χ3n) is 3.18. The van der Waals surface area contributed by atoms with E-state index in [1.165, 1.54) is 41.9 Å². The van der Waals surface area contributed by atoms with Gasteiger partial charge in [0.1, 0.15) is 0 Å². The van der Waals surface area contributed by atoms with Gasteiger partial charge in [0.2, 0.25) is 0 Å². The minimum Gasteiger partial charge on any atom is -0.398 e. The van der Waals surface area contributed by atoms with Gasteiger partial charge in [-0.25, -0.2) is 0 Å². The summed E-state index contributed by atoms with van der Waals surface area (Å²) >= 11 is 2.09. The molecular weight excluding hydrogens is 202 g/mol. The summed E-state index contributed by atoms with van der Waals surface area (Å²) in [4.78, 5) is 0. The molecule has 0 bridgehead atoms. The zero-order valence-corrected chi connectivity index (χ0v) is 10.1. The molecule has 1 fully saturated rings. The van der Waals surface area contributed by atoms with Crippen molar-refractivity contribution < 1.29 is 0 Å². The van der Waals surface area contributed by atoms with Crippen molar-refractivity contribution in [3.63, 3.8) is 0 Å². The van der Waals surface area contributed by atoms with Crippen LogP contribution in [0.3, 0.4) is 0 Å². The van der Waals surface area contributed by atoms with Crippen LogP contribution in [0, 0.1) is 12.8 Å². The summed E-state index contributed by atoms with van der Waals surface area (Å²) in [5.74, 6) is 3.50. The highest BCUT2D eigenvalue weighted by atomic mass is 32.2. The molecule has 1 aliphatic heterocycles. The SMILES string of the molecule is Cc1cccc(CC2CCCSC2)c1N. The maximum Gasteiger partial charge on any atom is 0.0376 e. The van der Waals surface area contributed by atoms with Crippen LogP contribution in [0.25, 0.3) is 0 Å². The Kier molecular flexibility index (Phi) is 3.57. The third kappa shape index (κ3) is 2.69. The van der Waals surface area contributed by atoms with Crippen LogP contribution in [0.15, 0.2) is 18.2 Å². The van der Waals surface area contributed by atoms with E-state index in [-0.39, 0.29) is 0 Å². The molecule has 1 atom stereocenters. The average molecular weight is 221 g/mol. The topological polar surface area (TPSA) is 26.0 Å². The largest absolute Gasteiger partial charge is 0.398 e. The summed E-state index contributed by atoms with van der Waals surface area (Å²) in [6, 6.07) is 6.40. The van der Waals surface area contributed by atoms with Gasteiger partial charge in [-0.1, -0.05) is 18.2 Å². The van der Waals surface area contributed by atoms with E-state index in [2.05, 4.69) is 36.9 Å². The van der Waals surface area contributed by atoms with Crippen molar-refractivity contribution in [1.82, 2.24) is 0 Å². The molecule has 1 aliphatic rings. The second-order valence-corrected chi connectivity index (χ2v) is 5.58. The Labute approximate surface area is 96.4 Å². The van der Waals surface area contributed by atoms with Gasteiger partial charge in [0.15, 0.2) is 0 Å². The molecule has 1 nitrogen and oxygen atoms in total. The van der Waals surface area contributed by atoms with Crippen molar-refractivity contribution in [2.24, 2.45) is 5.92 Å². The van der Waals surface area contributed by atoms with E-state index in [9.17, 15) is 0 Å². The number of benzene rings is 1. The fourth-order valence-electron chi connectivity index (χ4n) is 2.20. The fourth-order valence-corrected chi connectivity index (χ4v) is 3.35. The lowest BCUT2D eigenvalue weighted by atomic mass is 9.94. The van der Waals surface area contributed by atoms with Crippen LogP contribution in [0.1, 0.15) is 24.0 Å². The first-order valence-electron chi connectivity index (χ1n) is 5.69. The molecule has 0 spiro atoms. The van der Waals surface area contributed by atoms with Gasteiger partial charge in [-0.3, -0.25) is 0 Å². The van der Waals surface area contributed by atoms with Crippen LogP contribution in [0.5, 0.6) is 0 Å². The fraction of sp³-hybridized carbons (Fsp3) is 0.538. The molecule has 0 aliphatic carbocycles. The molecule has 0 radical (unpaired) electrons. The molecule has 0 aromatic heterocycles. The normalized spacial score (nSPS) is 21.5. The van der Waals surface area contributed by atoms with Crippen LogP contribution in [0.2, 0.25) is 0 Å². The van der Waals surface area contributed by atoms with Gasteiger partial charge in [-0.05, 0) is 54.7 Å². The quantitative estimate of drug-likeness (QED) is 0.776. The molecule has 2 rings (SSSR count). The zero-order chi connectivity index (χ0) is 10.7. The molecule has 82 valence electrons.